The van der Waals surface area contributed by atoms with E-state index in [-0.39, 0.29) is 5.97 Å². The molecule has 1 N–H and O–H groups in total. The molecule has 3 nitrogen and oxygen atoms in total. The summed E-state index contributed by atoms with van der Waals surface area (Å²) in [6.07, 6.45) is 1.72. The Kier molecular flexibility index (Phi) is 3.10. The summed E-state index contributed by atoms with van der Waals surface area (Å²) in [7, 11) is 1.37. The molecule has 16 heavy (non-hydrogen) atoms. The van der Waals surface area contributed by atoms with Crippen LogP contribution in [0, 0.1) is 0 Å². The van der Waals surface area contributed by atoms with Gasteiger partial charge in [0.05, 0.1) is 18.4 Å². The van der Waals surface area contributed by atoms with Crippen LogP contribution in [0.25, 0.3) is 11.3 Å². The Hall–Kier alpha value is -1.55. The first-order valence-electron chi connectivity index (χ1n) is 4.74. The van der Waals surface area contributed by atoms with Crippen molar-refractivity contribution in [2.45, 2.75) is 0 Å². The summed E-state index contributed by atoms with van der Waals surface area (Å²) in [4.78, 5) is 14.6. The molecule has 1 aromatic heterocycles. The maximum absolute atomic E-state index is 11.5. The van der Waals surface area contributed by atoms with Gasteiger partial charge in [0.2, 0.25) is 0 Å². The number of H-pyrrole nitrogens is 1. The van der Waals surface area contributed by atoms with Crippen molar-refractivity contribution in [3.63, 3.8) is 0 Å². The molecule has 1 heterocycles. The van der Waals surface area contributed by atoms with Gasteiger partial charge in [-0.25, -0.2) is 4.79 Å². The van der Waals surface area contributed by atoms with Gasteiger partial charge < -0.3 is 9.72 Å². The van der Waals surface area contributed by atoms with E-state index in [0.29, 0.717) is 5.56 Å². The van der Waals surface area contributed by atoms with E-state index in [0.717, 1.165) is 15.7 Å². The lowest BCUT2D eigenvalue weighted by molar-refractivity contribution is 0.0602. The maximum Gasteiger partial charge on any atom is 0.340 e. The molecule has 0 radical (unpaired) electrons. The first kappa shape index (κ1) is 11.0. The summed E-state index contributed by atoms with van der Waals surface area (Å²) >= 11 is 3.45. The van der Waals surface area contributed by atoms with Crippen LogP contribution in [0.3, 0.4) is 0 Å². The van der Waals surface area contributed by atoms with Crippen molar-refractivity contribution in [1.82, 2.24) is 4.98 Å². The van der Waals surface area contributed by atoms with Gasteiger partial charge in [-0.05, 0) is 12.1 Å². The summed E-state index contributed by atoms with van der Waals surface area (Å²) in [6.45, 7) is 0. The summed E-state index contributed by atoms with van der Waals surface area (Å²) in [5.41, 5.74) is 2.24. The highest BCUT2D eigenvalue weighted by Gasteiger charge is 2.15. The molecule has 0 spiro atoms. The fourth-order valence-corrected chi connectivity index (χ4v) is 2.02. The first-order chi connectivity index (χ1) is 7.74. The van der Waals surface area contributed by atoms with E-state index in [9.17, 15) is 4.79 Å². The molecule has 4 heteroatoms. The molecule has 0 fully saturated rings. The van der Waals surface area contributed by atoms with E-state index in [1.807, 2.05) is 24.3 Å². The highest BCUT2D eigenvalue weighted by atomic mass is 79.9. The van der Waals surface area contributed by atoms with Crippen LogP contribution >= 0.6 is 15.9 Å². The summed E-state index contributed by atoms with van der Waals surface area (Å²) < 4.78 is 5.66. The van der Waals surface area contributed by atoms with Crippen LogP contribution in [0.2, 0.25) is 0 Å². The van der Waals surface area contributed by atoms with E-state index in [1.54, 1.807) is 12.3 Å². The minimum absolute atomic E-state index is 0.341. The number of benzene rings is 1. The van der Waals surface area contributed by atoms with Gasteiger partial charge in [-0.2, -0.15) is 0 Å². The number of aromatic nitrogens is 1. The Morgan fingerprint density at radius 2 is 2.06 bits per heavy atom. The van der Waals surface area contributed by atoms with Gasteiger partial charge in [-0.15, -0.1) is 0 Å². The number of nitrogens with one attached hydrogen (secondary N) is 1. The molecule has 0 aliphatic carbocycles. The molecule has 0 bridgehead atoms. The third-order valence-electron chi connectivity index (χ3n) is 2.30. The number of hydrogen-bond acceptors (Lipinski definition) is 2. The molecule has 0 saturated carbocycles. The first-order valence-corrected chi connectivity index (χ1v) is 5.54. The molecule has 0 aliphatic rings. The number of rotatable bonds is 2. The Labute approximate surface area is 102 Å². The Morgan fingerprint density at radius 1 is 1.31 bits per heavy atom. The van der Waals surface area contributed by atoms with Gasteiger partial charge in [-0.3, -0.25) is 0 Å². The predicted molar refractivity (Wildman–Crippen MR) is 65.3 cm³/mol. The molecule has 0 saturated heterocycles. The number of carbonyl (C=O) groups is 1. The maximum atomic E-state index is 11.5. The SMILES string of the molecule is COC(=O)c1cc[nH]c1-c1ccccc1Br. The fraction of sp³-hybridized carbons (Fsp3) is 0.0833. The predicted octanol–water partition coefficient (Wildman–Crippen LogP) is 3.23. The van der Waals surface area contributed by atoms with Gasteiger partial charge in [0.1, 0.15) is 0 Å². The van der Waals surface area contributed by atoms with E-state index < -0.39 is 0 Å². The number of hydrogen-bond donors (Lipinski definition) is 1. The highest BCUT2D eigenvalue weighted by molar-refractivity contribution is 9.10. The monoisotopic (exact) mass is 279 g/mol. The quantitative estimate of drug-likeness (QED) is 0.858. The van der Waals surface area contributed by atoms with E-state index in [2.05, 4.69) is 20.9 Å². The smallest absolute Gasteiger partial charge is 0.340 e. The summed E-state index contributed by atoms with van der Waals surface area (Å²) in [5.74, 6) is -0.341. The van der Waals surface area contributed by atoms with Crippen LogP contribution < -0.4 is 0 Å². The lowest BCUT2D eigenvalue weighted by Gasteiger charge is -2.04. The molecule has 2 rings (SSSR count). The average Bonchev–Trinajstić information content (AvgIpc) is 2.77. The number of aromatic amines is 1. The molecule has 82 valence electrons. The molecule has 0 aliphatic heterocycles. The number of ether oxygens (including phenoxy) is 1. The highest BCUT2D eigenvalue weighted by Crippen LogP contribution is 2.29. The van der Waals surface area contributed by atoms with Crippen LogP contribution in [0.4, 0.5) is 0 Å². The van der Waals surface area contributed by atoms with Gasteiger partial charge in [-0.1, -0.05) is 34.1 Å². The summed E-state index contributed by atoms with van der Waals surface area (Å²) in [5, 5.41) is 0. The van der Waals surface area contributed by atoms with E-state index >= 15 is 0 Å². The van der Waals surface area contributed by atoms with E-state index in [1.165, 1.54) is 7.11 Å². The Balaban J connectivity index is 2.53. The Morgan fingerprint density at radius 3 is 2.75 bits per heavy atom. The lowest BCUT2D eigenvalue weighted by atomic mass is 10.1. The topological polar surface area (TPSA) is 42.1 Å². The third-order valence-corrected chi connectivity index (χ3v) is 2.99. The fourth-order valence-electron chi connectivity index (χ4n) is 1.54. The minimum Gasteiger partial charge on any atom is -0.465 e. The van der Waals surface area contributed by atoms with E-state index in [4.69, 9.17) is 4.74 Å². The average molecular weight is 280 g/mol. The largest absolute Gasteiger partial charge is 0.465 e. The van der Waals surface area contributed by atoms with Crippen LogP contribution in [-0.4, -0.2) is 18.1 Å². The zero-order valence-corrected chi connectivity index (χ0v) is 10.2. The molecular weight excluding hydrogens is 270 g/mol. The van der Waals surface area contributed by atoms with Crippen molar-refractivity contribution in [1.29, 1.82) is 0 Å². The molecule has 1 aromatic carbocycles. The standard InChI is InChI=1S/C12H10BrNO2/c1-16-12(15)9-6-7-14-11(9)8-4-2-3-5-10(8)13/h2-7,14H,1H3. The zero-order valence-electron chi connectivity index (χ0n) is 8.66. The van der Waals surface area contributed by atoms with Crippen molar-refractivity contribution in [2.75, 3.05) is 7.11 Å². The van der Waals surface area contributed by atoms with Crippen LogP contribution in [0.5, 0.6) is 0 Å². The second-order valence-electron chi connectivity index (χ2n) is 3.24. The minimum atomic E-state index is -0.341. The normalized spacial score (nSPS) is 10.1. The Bertz CT molecular complexity index is 519. The van der Waals surface area contributed by atoms with Gasteiger partial charge in [0, 0.05) is 16.2 Å². The lowest BCUT2D eigenvalue weighted by Crippen LogP contribution is -2.01. The van der Waals surface area contributed by atoms with Crippen LogP contribution in [0.15, 0.2) is 41.0 Å². The second-order valence-corrected chi connectivity index (χ2v) is 4.09. The number of carbonyl (C=O) groups excluding carboxylic acids is 1. The van der Waals surface area contributed by atoms with Gasteiger partial charge >= 0.3 is 5.97 Å². The van der Waals surface area contributed by atoms with Crippen molar-refractivity contribution in [3.8, 4) is 11.3 Å². The van der Waals surface area contributed by atoms with Crippen molar-refractivity contribution in [2.24, 2.45) is 0 Å². The van der Waals surface area contributed by atoms with Crippen LogP contribution in [0.1, 0.15) is 10.4 Å². The van der Waals surface area contributed by atoms with Gasteiger partial charge in [0.25, 0.3) is 0 Å². The van der Waals surface area contributed by atoms with Crippen molar-refractivity contribution < 1.29 is 9.53 Å². The molecule has 0 atom stereocenters. The number of methoxy groups -OCH3 is 1. The van der Waals surface area contributed by atoms with Crippen LogP contribution in [-0.2, 0) is 4.74 Å². The molecule has 0 unspecified atom stereocenters. The van der Waals surface area contributed by atoms with Gasteiger partial charge in [0.15, 0.2) is 0 Å². The summed E-state index contributed by atoms with van der Waals surface area (Å²) in [6, 6.07) is 9.41. The zero-order chi connectivity index (χ0) is 11.5. The third kappa shape index (κ3) is 1.88. The molecule has 2 aromatic rings. The molecule has 0 amide bonds. The second kappa shape index (κ2) is 4.53. The van der Waals surface area contributed by atoms with Crippen molar-refractivity contribution in [3.05, 3.63) is 46.6 Å². The number of esters is 1. The molecular formula is C12H10BrNO2. The number of halogens is 1. The van der Waals surface area contributed by atoms with Crippen molar-refractivity contribution >= 4 is 21.9 Å².